The van der Waals surface area contributed by atoms with Gasteiger partial charge in [0.15, 0.2) is 0 Å². The summed E-state index contributed by atoms with van der Waals surface area (Å²) in [5.41, 5.74) is 1.12. The average molecular weight is 293 g/mol. The number of hydrogen-bond donors (Lipinski definition) is 0. The van der Waals surface area contributed by atoms with Crippen molar-refractivity contribution in [1.82, 2.24) is 15.0 Å². The Bertz CT molecular complexity index is 235. The highest BCUT2D eigenvalue weighted by Crippen LogP contribution is 2.00. The van der Waals surface area contributed by atoms with Gasteiger partial charge in [-0.1, -0.05) is 47.6 Å². The van der Waals surface area contributed by atoms with E-state index in [1.54, 1.807) is 0 Å². The SMILES string of the molecule is CCCCCn1cc(CCI)nn1. The van der Waals surface area contributed by atoms with Crippen LogP contribution in [0.4, 0.5) is 0 Å². The van der Waals surface area contributed by atoms with Crippen LogP contribution in [0, 0.1) is 0 Å². The lowest BCUT2D eigenvalue weighted by Gasteiger charge is -1.97. The van der Waals surface area contributed by atoms with Gasteiger partial charge in [-0.05, 0) is 6.42 Å². The van der Waals surface area contributed by atoms with Gasteiger partial charge in [-0.2, -0.15) is 0 Å². The van der Waals surface area contributed by atoms with E-state index in [2.05, 4.69) is 46.0 Å². The minimum absolute atomic E-state index is 1.02. The van der Waals surface area contributed by atoms with Crippen molar-refractivity contribution in [3.05, 3.63) is 11.9 Å². The molecule has 0 saturated carbocycles. The van der Waals surface area contributed by atoms with E-state index < -0.39 is 0 Å². The quantitative estimate of drug-likeness (QED) is 0.458. The first-order chi connectivity index (χ1) is 6.36. The number of halogens is 1. The number of aromatic nitrogens is 3. The molecule has 0 aromatic carbocycles. The number of hydrogen-bond acceptors (Lipinski definition) is 2. The molecule has 74 valence electrons. The zero-order valence-corrected chi connectivity index (χ0v) is 10.2. The average Bonchev–Trinajstić information content (AvgIpc) is 2.54. The summed E-state index contributed by atoms with van der Waals surface area (Å²) in [6.45, 7) is 3.23. The first-order valence-electron chi connectivity index (χ1n) is 4.81. The number of alkyl halides is 1. The third kappa shape index (κ3) is 4.06. The largest absolute Gasteiger partial charge is 0.252 e. The highest BCUT2D eigenvalue weighted by molar-refractivity contribution is 14.1. The Hall–Kier alpha value is -0.130. The van der Waals surface area contributed by atoms with Gasteiger partial charge in [0.2, 0.25) is 0 Å². The van der Waals surface area contributed by atoms with Gasteiger partial charge >= 0.3 is 0 Å². The van der Waals surface area contributed by atoms with Crippen molar-refractivity contribution < 1.29 is 0 Å². The second-order valence-corrected chi connectivity index (χ2v) is 4.20. The summed E-state index contributed by atoms with van der Waals surface area (Å²) in [5, 5.41) is 8.16. The van der Waals surface area contributed by atoms with Gasteiger partial charge < -0.3 is 0 Å². The highest BCUT2D eigenvalue weighted by Gasteiger charge is 1.98. The summed E-state index contributed by atoms with van der Waals surface area (Å²) in [7, 11) is 0. The van der Waals surface area contributed by atoms with E-state index in [0.29, 0.717) is 0 Å². The molecule has 0 radical (unpaired) electrons. The summed E-state index contributed by atoms with van der Waals surface area (Å²) in [6, 6.07) is 0. The van der Waals surface area contributed by atoms with Crippen LogP contribution in [0.2, 0.25) is 0 Å². The van der Waals surface area contributed by atoms with Gasteiger partial charge in [0.1, 0.15) is 0 Å². The van der Waals surface area contributed by atoms with E-state index in [4.69, 9.17) is 0 Å². The van der Waals surface area contributed by atoms with Crippen molar-refractivity contribution >= 4 is 22.6 Å². The van der Waals surface area contributed by atoms with Crippen molar-refractivity contribution in [3.63, 3.8) is 0 Å². The van der Waals surface area contributed by atoms with Gasteiger partial charge in [-0.3, -0.25) is 4.68 Å². The molecule has 0 amide bonds. The Morgan fingerprint density at radius 3 is 3.00 bits per heavy atom. The minimum Gasteiger partial charge on any atom is -0.252 e. The zero-order chi connectivity index (χ0) is 9.52. The summed E-state index contributed by atoms with van der Waals surface area (Å²) >= 11 is 2.36. The fourth-order valence-electron chi connectivity index (χ4n) is 1.18. The van der Waals surface area contributed by atoms with Crippen molar-refractivity contribution in [1.29, 1.82) is 0 Å². The molecule has 1 heterocycles. The topological polar surface area (TPSA) is 30.7 Å². The van der Waals surface area contributed by atoms with Gasteiger partial charge in [0.25, 0.3) is 0 Å². The maximum Gasteiger partial charge on any atom is 0.0834 e. The van der Waals surface area contributed by atoms with Crippen LogP contribution in [0.15, 0.2) is 6.20 Å². The third-order valence-electron chi connectivity index (χ3n) is 1.93. The molecule has 0 saturated heterocycles. The first-order valence-corrected chi connectivity index (χ1v) is 6.34. The Morgan fingerprint density at radius 2 is 2.31 bits per heavy atom. The van der Waals surface area contributed by atoms with E-state index in [-0.39, 0.29) is 0 Å². The monoisotopic (exact) mass is 293 g/mol. The van der Waals surface area contributed by atoms with E-state index in [0.717, 1.165) is 23.1 Å². The predicted molar refractivity (Wildman–Crippen MR) is 62.1 cm³/mol. The van der Waals surface area contributed by atoms with Gasteiger partial charge in [0, 0.05) is 23.6 Å². The summed E-state index contributed by atoms with van der Waals surface area (Å²) in [4.78, 5) is 0. The van der Waals surface area contributed by atoms with Crippen LogP contribution in [0.1, 0.15) is 31.9 Å². The molecule has 0 N–H and O–H groups in total. The number of unbranched alkanes of at least 4 members (excludes halogenated alkanes) is 2. The van der Waals surface area contributed by atoms with Crippen LogP contribution in [0.3, 0.4) is 0 Å². The summed E-state index contributed by atoms with van der Waals surface area (Å²) < 4.78 is 3.07. The Balaban J connectivity index is 2.31. The van der Waals surface area contributed by atoms with Crippen LogP contribution in [-0.4, -0.2) is 19.4 Å². The number of rotatable bonds is 6. The lowest BCUT2D eigenvalue weighted by molar-refractivity contribution is 0.537. The van der Waals surface area contributed by atoms with Crippen LogP contribution < -0.4 is 0 Å². The molecule has 1 aromatic heterocycles. The lowest BCUT2D eigenvalue weighted by atomic mass is 10.2. The van der Waals surface area contributed by atoms with Gasteiger partial charge in [-0.15, -0.1) is 5.10 Å². The molecule has 0 aliphatic rings. The van der Waals surface area contributed by atoms with Crippen molar-refractivity contribution in [2.75, 3.05) is 4.43 Å². The third-order valence-corrected chi connectivity index (χ3v) is 2.47. The van der Waals surface area contributed by atoms with Crippen LogP contribution in [-0.2, 0) is 13.0 Å². The zero-order valence-electron chi connectivity index (χ0n) is 8.04. The Labute approximate surface area is 93.0 Å². The van der Waals surface area contributed by atoms with Crippen LogP contribution in [0.25, 0.3) is 0 Å². The molecule has 3 nitrogen and oxygen atoms in total. The molecule has 0 fully saturated rings. The molecule has 0 atom stereocenters. The summed E-state index contributed by atoms with van der Waals surface area (Å²) in [6.07, 6.45) is 6.85. The molecule has 0 spiro atoms. The molecule has 4 heteroatoms. The fourth-order valence-corrected chi connectivity index (χ4v) is 1.74. The smallest absolute Gasteiger partial charge is 0.0834 e. The maximum absolute atomic E-state index is 4.09. The normalized spacial score (nSPS) is 10.6. The second-order valence-electron chi connectivity index (χ2n) is 3.12. The molecule has 0 aliphatic carbocycles. The minimum atomic E-state index is 1.02. The van der Waals surface area contributed by atoms with E-state index in [1.807, 2.05) is 4.68 Å². The van der Waals surface area contributed by atoms with Crippen LogP contribution >= 0.6 is 22.6 Å². The molecule has 0 bridgehead atoms. The standard InChI is InChI=1S/C9H16IN3/c1-2-3-4-7-13-8-9(5-6-10)11-12-13/h8H,2-7H2,1H3. The predicted octanol–water partition coefficient (Wildman–Crippen LogP) is 2.45. The Morgan fingerprint density at radius 1 is 1.46 bits per heavy atom. The van der Waals surface area contributed by atoms with Gasteiger partial charge in [0.05, 0.1) is 5.69 Å². The van der Waals surface area contributed by atoms with Gasteiger partial charge in [-0.25, -0.2) is 0 Å². The van der Waals surface area contributed by atoms with E-state index >= 15 is 0 Å². The number of nitrogens with zero attached hydrogens (tertiary/aromatic N) is 3. The van der Waals surface area contributed by atoms with Crippen LogP contribution in [0.5, 0.6) is 0 Å². The fraction of sp³-hybridized carbons (Fsp3) is 0.778. The highest BCUT2D eigenvalue weighted by atomic mass is 127. The first kappa shape index (κ1) is 10.9. The van der Waals surface area contributed by atoms with E-state index in [1.165, 1.54) is 19.3 Å². The molecule has 13 heavy (non-hydrogen) atoms. The lowest BCUT2D eigenvalue weighted by Crippen LogP contribution is -1.98. The molecular formula is C9H16IN3. The molecular weight excluding hydrogens is 277 g/mol. The summed E-state index contributed by atoms with van der Waals surface area (Å²) in [5.74, 6) is 0. The van der Waals surface area contributed by atoms with Crippen molar-refractivity contribution in [2.24, 2.45) is 0 Å². The molecule has 1 aromatic rings. The van der Waals surface area contributed by atoms with Crippen molar-refractivity contribution in [2.45, 2.75) is 39.2 Å². The second kappa shape index (κ2) is 6.34. The van der Waals surface area contributed by atoms with Crippen molar-refractivity contribution in [3.8, 4) is 0 Å². The Kier molecular flexibility index (Phi) is 5.34. The maximum atomic E-state index is 4.09. The number of aryl methyl sites for hydroxylation is 2. The molecule has 0 aliphatic heterocycles. The molecule has 1 rings (SSSR count). The van der Waals surface area contributed by atoms with E-state index in [9.17, 15) is 0 Å². The molecule has 0 unspecified atom stereocenters.